The number of nitrogens with two attached hydrogens (primary N) is 1. The Morgan fingerprint density at radius 2 is 2.14 bits per heavy atom. The number of hydrogen-bond acceptors (Lipinski definition) is 3. The van der Waals surface area contributed by atoms with E-state index in [2.05, 4.69) is 0 Å². The van der Waals surface area contributed by atoms with E-state index in [1.807, 2.05) is 24.3 Å². The highest BCUT2D eigenvalue weighted by atomic mass is 32.1. The summed E-state index contributed by atoms with van der Waals surface area (Å²) < 4.78 is 5.41. The molecule has 0 saturated heterocycles. The molecule has 76 valence electrons. The van der Waals surface area contributed by atoms with Crippen molar-refractivity contribution in [1.29, 1.82) is 0 Å². The zero-order chi connectivity index (χ0) is 10.4. The molecule has 0 aromatic heterocycles. The number of ether oxygens (including phenoxy) is 1. The van der Waals surface area contributed by atoms with Gasteiger partial charge in [-0.15, -0.1) is 0 Å². The normalized spacial score (nSPS) is 9.79. The molecule has 0 spiro atoms. The summed E-state index contributed by atoms with van der Waals surface area (Å²) in [6.07, 6.45) is 0.603. The van der Waals surface area contributed by atoms with E-state index in [0.717, 1.165) is 5.56 Å². The van der Waals surface area contributed by atoms with Crippen LogP contribution >= 0.6 is 12.2 Å². The number of benzene rings is 1. The largest absolute Gasteiger partial charge is 0.493 e. The van der Waals surface area contributed by atoms with Crippen LogP contribution in [-0.2, 0) is 0 Å². The number of para-hydroxylation sites is 1. The van der Waals surface area contributed by atoms with Crippen molar-refractivity contribution >= 4 is 17.2 Å². The fourth-order valence-electron chi connectivity index (χ4n) is 1.04. The summed E-state index contributed by atoms with van der Waals surface area (Å²) in [5.74, 6) is 0.674. The Balaban J connectivity index is 2.69. The molecule has 0 aliphatic heterocycles. The molecule has 0 heterocycles. The zero-order valence-electron chi connectivity index (χ0n) is 7.77. The predicted octanol–water partition coefficient (Wildman–Crippen LogP) is 1.08. The molecule has 0 saturated carbocycles. The van der Waals surface area contributed by atoms with Crippen molar-refractivity contribution in [2.45, 2.75) is 6.42 Å². The smallest absolute Gasteiger partial charge is 0.129 e. The number of hydrogen-bond donors (Lipinski definition) is 2. The first-order valence-corrected chi connectivity index (χ1v) is 4.79. The van der Waals surface area contributed by atoms with E-state index in [4.69, 9.17) is 27.8 Å². The van der Waals surface area contributed by atoms with Gasteiger partial charge in [-0.3, -0.25) is 0 Å². The molecule has 0 aliphatic carbocycles. The molecule has 4 heteroatoms. The van der Waals surface area contributed by atoms with Gasteiger partial charge in [-0.25, -0.2) is 0 Å². The van der Waals surface area contributed by atoms with Gasteiger partial charge in [0.1, 0.15) is 10.7 Å². The molecule has 0 unspecified atom stereocenters. The van der Waals surface area contributed by atoms with Crippen molar-refractivity contribution in [2.75, 3.05) is 13.2 Å². The van der Waals surface area contributed by atoms with Crippen molar-refractivity contribution < 1.29 is 9.84 Å². The van der Waals surface area contributed by atoms with Gasteiger partial charge >= 0.3 is 0 Å². The molecule has 1 aromatic carbocycles. The molecule has 0 aliphatic rings. The minimum absolute atomic E-state index is 0.120. The fourth-order valence-corrected chi connectivity index (χ4v) is 1.21. The Kier molecular flexibility index (Phi) is 4.35. The van der Waals surface area contributed by atoms with Gasteiger partial charge in [0.15, 0.2) is 0 Å². The topological polar surface area (TPSA) is 55.5 Å². The lowest BCUT2D eigenvalue weighted by Gasteiger charge is -2.09. The summed E-state index contributed by atoms with van der Waals surface area (Å²) in [7, 11) is 0. The van der Waals surface area contributed by atoms with Crippen LogP contribution in [0.5, 0.6) is 5.75 Å². The summed E-state index contributed by atoms with van der Waals surface area (Å²) in [5.41, 5.74) is 6.26. The van der Waals surface area contributed by atoms with E-state index in [1.165, 1.54) is 0 Å². The third-order valence-electron chi connectivity index (χ3n) is 1.71. The standard InChI is InChI=1S/C10H13NO2S/c11-10(14)8-4-1-2-5-9(8)13-7-3-6-12/h1-2,4-5,12H,3,6-7H2,(H2,11,14). The average molecular weight is 211 g/mol. The molecule has 0 atom stereocenters. The minimum Gasteiger partial charge on any atom is -0.493 e. The highest BCUT2D eigenvalue weighted by molar-refractivity contribution is 7.80. The Bertz CT molecular complexity index is 315. The molecule has 0 bridgehead atoms. The lowest BCUT2D eigenvalue weighted by Crippen LogP contribution is -2.12. The van der Waals surface area contributed by atoms with Gasteiger partial charge in [-0.05, 0) is 12.1 Å². The lowest BCUT2D eigenvalue weighted by molar-refractivity contribution is 0.233. The van der Waals surface area contributed by atoms with Crippen LogP contribution in [0, 0.1) is 0 Å². The Morgan fingerprint density at radius 1 is 1.43 bits per heavy atom. The first-order valence-electron chi connectivity index (χ1n) is 4.38. The van der Waals surface area contributed by atoms with Crippen molar-refractivity contribution in [2.24, 2.45) is 5.73 Å². The van der Waals surface area contributed by atoms with Gasteiger partial charge in [0.25, 0.3) is 0 Å². The lowest BCUT2D eigenvalue weighted by atomic mass is 10.2. The Morgan fingerprint density at radius 3 is 2.79 bits per heavy atom. The second kappa shape index (κ2) is 5.57. The van der Waals surface area contributed by atoms with Crippen molar-refractivity contribution in [3.63, 3.8) is 0 Å². The van der Waals surface area contributed by atoms with Crippen LogP contribution in [0.1, 0.15) is 12.0 Å². The van der Waals surface area contributed by atoms with Gasteiger partial charge in [-0.2, -0.15) is 0 Å². The molecule has 0 fully saturated rings. The van der Waals surface area contributed by atoms with E-state index >= 15 is 0 Å². The molecule has 3 N–H and O–H groups in total. The van der Waals surface area contributed by atoms with Gasteiger partial charge in [0, 0.05) is 13.0 Å². The van der Waals surface area contributed by atoms with Crippen molar-refractivity contribution in [1.82, 2.24) is 0 Å². The Labute approximate surface area is 88.5 Å². The Hall–Kier alpha value is -1.13. The molecule has 1 aromatic rings. The van der Waals surface area contributed by atoms with E-state index in [-0.39, 0.29) is 6.61 Å². The number of rotatable bonds is 5. The summed E-state index contributed by atoms with van der Waals surface area (Å²) in [6, 6.07) is 7.34. The molecule has 0 radical (unpaired) electrons. The number of aliphatic hydroxyl groups is 1. The average Bonchev–Trinajstić information content (AvgIpc) is 2.19. The second-order valence-corrected chi connectivity index (χ2v) is 3.23. The van der Waals surface area contributed by atoms with E-state index in [9.17, 15) is 0 Å². The third-order valence-corrected chi connectivity index (χ3v) is 1.93. The number of aliphatic hydroxyl groups excluding tert-OH is 1. The second-order valence-electron chi connectivity index (χ2n) is 2.79. The van der Waals surface area contributed by atoms with E-state index < -0.39 is 0 Å². The monoisotopic (exact) mass is 211 g/mol. The molecule has 3 nitrogen and oxygen atoms in total. The highest BCUT2D eigenvalue weighted by Crippen LogP contribution is 2.17. The summed E-state index contributed by atoms with van der Waals surface area (Å²) in [6.45, 7) is 0.589. The summed E-state index contributed by atoms with van der Waals surface area (Å²) >= 11 is 4.88. The highest BCUT2D eigenvalue weighted by Gasteiger charge is 2.04. The minimum atomic E-state index is 0.120. The van der Waals surface area contributed by atoms with Gasteiger partial charge in [-0.1, -0.05) is 24.4 Å². The SMILES string of the molecule is NC(=S)c1ccccc1OCCCO. The predicted molar refractivity (Wildman–Crippen MR) is 59.5 cm³/mol. The van der Waals surface area contributed by atoms with Crippen LogP contribution in [0.4, 0.5) is 0 Å². The van der Waals surface area contributed by atoms with Gasteiger partial charge < -0.3 is 15.6 Å². The van der Waals surface area contributed by atoms with Crippen LogP contribution in [0.3, 0.4) is 0 Å². The van der Waals surface area contributed by atoms with Crippen LogP contribution in [0.25, 0.3) is 0 Å². The maximum atomic E-state index is 8.59. The van der Waals surface area contributed by atoms with Crippen molar-refractivity contribution in [3.8, 4) is 5.75 Å². The van der Waals surface area contributed by atoms with Crippen LogP contribution in [0.15, 0.2) is 24.3 Å². The number of thiocarbonyl (C=S) groups is 1. The molecule has 0 amide bonds. The maximum absolute atomic E-state index is 8.59. The fraction of sp³-hybridized carbons (Fsp3) is 0.300. The molecular weight excluding hydrogens is 198 g/mol. The molecular formula is C10H13NO2S. The molecule has 1 rings (SSSR count). The van der Waals surface area contributed by atoms with Gasteiger partial charge in [0.05, 0.1) is 12.2 Å². The molecule has 14 heavy (non-hydrogen) atoms. The van der Waals surface area contributed by atoms with E-state index in [1.54, 1.807) is 0 Å². The van der Waals surface area contributed by atoms with Crippen LogP contribution in [0.2, 0.25) is 0 Å². The summed E-state index contributed by atoms with van der Waals surface area (Å²) in [4.78, 5) is 0.324. The van der Waals surface area contributed by atoms with Crippen molar-refractivity contribution in [3.05, 3.63) is 29.8 Å². The van der Waals surface area contributed by atoms with E-state index in [0.29, 0.717) is 23.8 Å². The quantitative estimate of drug-likeness (QED) is 0.565. The van der Waals surface area contributed by atoms with Gasteiger partial charge in [0.2, 0.25) is 0 Å². The summed E-state index contributed by atoms with van der Waals surface area (Å²) in [5, 5.41) is 8.59. The van der Waals surface area contributed by atoms with Crippen LogP contribution < -0.4 is 10.5 Å². The first kappa shape index (κ1) is 10.9. The maximum Gasteiger partial charge on any atom is 0.129 e. The first-order chi connectivity index (χ1) is 6.75. The third kappa shape index (κ3) is 2.97. The zero-order valence-corrected chi connectivity index (χ0v) is 8.59. The van der Waals surface area contributed by atoms with Crippen LogP contribution in [-0.4, -0.2) is 23.3 Å².